The van der Waals surface area contributed by atoms with Gasteiger partial charge in [-0.3, -0.25) is 0 Å². The zero-order valence-electron chi connectivity index (χ0n) is 10.2. The molecule has 4 nitrogen and oxygen atoms in total. The highest BCUT2D eigenvalue weighted by atomic mass is 35.5. The lowest BCUT2D eigenvalue weighted by atomic mass is 10.1. The molecule has 3 N–H and O–H groups in total. The number of nitrogen functional groups attached to an aromatic ring is 1. The van der Waals surface area contributed by atoms with Crippen molar-refractivity contribution in [1.29, 1.82) is 0 Å². The molecule has 1 aromatic heterocycles. The predicted octanol–water partition coefficient (Wildman–Crippen LogP) is 3.41. The predicted molar refractivity (Wildman–Crippen MR) is 75.2 cm³/mol. The number of hydrogen-bond donors (Lipinski definition) is 2. The van der Waals surface area contributed by atoms with Gasteiger partial charge in [0.05, 0.1) is 6.20 Å². The van der Waals surface area contributed by atoms with E-state index in [1.54, 1.807) is 0 Å². The molecule has 0 atom stereocenters. The number of halogens is 1. The summed E-state index contributed by atoms with van der Waals surface area (Å²) in [5.41, 5.74) is 7.77. The number of nitrogens with two attached hydrogens (primary N) is 1. The van der Waals surface area contributed by atoms with Gasteiger partial charge in [0.15, 0.2) is 5.82 Å². The molecule has 5 heteroatoms. The molecule has 1 aromatic carbocycles. The summed E-state index contributed by atoms with van der Waals surface area (Å²) in [4.78, 5) is 7.86. The second-order valence-corrected chi connectivity index (χ2v) is 4.40. The van der Waals surface area contributed by atoms with Crippen LogP contribution in [0.5, 0.6) is 0 Å². The van der Waals surface area contributed by atoms with Crippen molar-refractivity contribution in [3.8, 4) is 0 Å². The number of nitrogens with one attached hydrogen (secondary N) is 1. The topological polar surface area (TPSA) is 63.8 Å². The molecule has 0 amide bonds. The van der Waals surface area contributed by atoms with Gasteiger partial charge in [0, 0.05) is 5.69 Å². The fourth-order valence-corrected chi connectivity index (χ4v) is 1.79. The summed E-state index contributed by atoms with van der Waals surface area (Å²) in [5.74, 6) is 0.719. The maximum atomic E-state index is 5.98. The van der Waals surface area contributed by atoms with Crippen LogP contribution in [0.15, 0.2) is 30.5 Å². The number of benzene rings is 1. The van der Waals surface area contributed by atoms with E-state index in [4.69, 9.17) is 17.3 Å². The van der Waals surface area contributed by atoms with Crippen molar-refractivity contribution in [3.05, 3.63) is 41.0 Å². The van der Waals surface area contributed by atoms with Gasteiger partial charge in [-0.05, 0) is 24.1 Å². The first-order chi connectivity index (χ1) is 8.69. The minimum atomic E-state index is 0.199. The molecular weight excluding hydrogens is 248 g/mol. The molecule has 1 heterocycles. The van der Waals surface area contributed by atoms with Crippen LogP contribution in [-0.2, 0) is 6.42 Å². The van der Waals surface area contributed by atoms with Crippen molar-refractivity contribution in [2.24, 2.45) is 0 Å². The largest absolute Gasteiger partial charge is 0.368 e. The van der Waals surface area contributed by atoms with Crippen molar-refractivity contribution in [1.82, 2.24) is 9.97 Å². The first-order valence-electron chi connectivity index (χ1n) is 5.83. The van der Waals surface area contributed by atoms with E-state index in [9.17, 15) is 0 Å². The number of aromatic nitrogens is 2. The molecule has 2 rings (SSSR count). The number of hydrogen-bond acceptors (Lipinski definition) is 4. The fraction of sp³-hybridized carbons (Fsp3) is 0.231. The Hall–Kier alpha value is -1.81. The van der Waals surface area contributed by atoms with E-state index in [1.807, 2.05) is 12.1 Å². The Bertz CT molecular complexity index is 525. The van der Waals surface area contributed by atoms with Crippen LogP contribution < -0.4 is 11.1 Å². The summed E-state index contributed by atoms with van der Waals surface area (Å²) in [6.07, 6.45) is 3.71. The van der Waals surface area contributed by atoms with Crippen LogP contribution in [0, 0.1) is 0 Å². The summed E-state index contributed by atoms with van der Waals surface area (Å²) in [6.45, 7) is 2.16. The molecular formula is C13H15ClN4. The average molecular weight is 263 g/mol. The van der Waals surface area contributed by atoms with Crippen LogP contribution in [0.3, 0.4) is 0 Å². The summed E-state index contributed by atoms with van der Waals surface area (Å²) in [5, 5.41) is 3.57. The van der Waals surface area contributed by atoms with Gasteiger partial charge in [0.25, 0.3) is 0 Å². The summed E-state index contributed by atoms with van der Waals surface area (Å²) < 4.78 is 0. The van der Waals surface area contributed by atoms with Gasteiger partial charge in [-0.25, -0.2) is 4.98 Å². The van der Waals surface area contributed by atoms with Crippen molar-refractivity contribution in [2.45, 2.75) is 19.8 Å². The maximum absolute atomic E-state index is 5.98. The Morgan fingerprint density at radius 3 is 2.67 bits per heavy atom. The molecule has 0 radical (unpaired) electrons. The zero-order valence-corrected chi connectivity index (χ0v) is 10.9. The Morgan fingerprint density at radius 1 is 1.28 bits per heavy atom. The number of anilines is 3. The van der Waals surface area contributed by atoms with Crippen LogP contribution in [0.25, 0.3) is 0 Å². The zero-order chi connectivity index (χ0) is 13.0. The van der Waals surface area contributed by atoms with Crippen LogP contribution in [-0.4, -0.2) is 9.97 Å². The highest BCUT2D eigenvalue weighted by Gasteiger charge is 2.04. The van der Waals surface area contributed by atoms with E-state index in [0.717, 1.165) is 18.5 Å². The molecule has 0 aliphatic rings. The third-order valence-electron chi connectivity index (χ3n) is 2.52. The van der Waals surface area contributed by atoms with E-state index in [1.165, 1.54) is 11.8 Å². The molecule has 0 aliphatic carbocycles. The van der Waals surface area contributed by atoms with Crippen molar-refractivity contribution < 1.29 is 0 Å². The molecule has 2 aromatic rings. The van der Waals surface area contributed by atoms with E-state index < -0.39 is 0 Å². The highest BCUT2D eigenvalue weighted by Crippen LogP contribution is 2.23. The molecule has 0 spiro atoms. The van der Waals surface area contributed by atoms with Gasteiger partial charge in [0.2, 0.25) is 5.95 Å². The fourth-order valence-electron chi connectivity index (χ4n) is 1.65. The summed E-state index contributed by atoms with van der Waals surface area (Å²) >= 11 is 5.98. The van der Waals surface area contributed by atoms with Gasteiger partial charge in [0.1, 0.15) is 5.02 Å². The monoisotopic (exact) mass is 262 g/mol. The lowest BCUT2D eigenvalue weighted by Gasteiger charge is -2.08. The van der Waals surface area contributed by atoms with E-state index in [2.05, 4.69) is 34.3 Å². The summed E-state index contributed by atoms with van der Waals surface area (Å²) in [6, 6.07) is 8.17. The second kappa shape index (κ2) is 5.69. The Morgan fingerprint density at radius 2 is 2.00 bits per heavy atom. The molecule has 0 aliphatic heterocycles. The lowest BCUT2D eigenvalue weighted by Crippen LogP contribution is -2.00. The van der Waals surface area contributed by atoms with Gasteiger partial charge >= 0.3 is 0 Å². The van der Waals surface area contributed by atoms with Gasteiger partial charge < -0.3 is 11.1 Å². The smallest absolute Gasteiger partial charge is 0.222 e. The Labute approximate surface area is 111 Å². The average Bonchev–Trinajstić information content (AvgIpc) is 2.37. The van der Waals surface area contributed by atoms with Crippen molar-refractivity contribution >= 4 is 29.1 Å². The van der Waals surface area contributed by atoms with Crippen LogP contribution >= 0.6 is 11.6 Å². The molecule has 0 saturated heterocycles. The van der Waals surface area contributed by atoms with E-state index >= 15 is 0 Å². The minimum absolute atomic E-state index is 0.199. The van der Waals surface area contributed by atoms with E-state index in [-0.39, 0.29) is 5.95 Å². The first-order valence-corrected chi connectivity index (χ1v) is 6.21. The molecule has 0 unspecified atom stereocenters. The first kappa shape index (κ1) is 12.6. The molecule has 94 valence electrons. The molecule has 0 saturated carbocycles. The lowest BCUT2D eigenvalue weighted by molar-refractivity contribution is 0.922. The van der Waals surface area contributed by atoms with Gasteiger partial charge in [-0.1, -0.05) is 37.1 Å². The van der Waals surface area contributed by atoms with Crippen LogP contribution in [0.2, 0.25) is 5.02 Å². The Balaban J connectivity index is 2.15. The quantitative estimate of drug-likeness (QED) is 0.886. The SMILES string of the molecule is CCCc1ccc(Nc2nc(N)ncc2Cl)cc1. The Kier molecular flexibility index (Phi) is 3.99. The van der Waals surface area contributed by atoms with Gasteiger partial charge in [-0.2, -0.15) is 4.98 Å². The normalized spacial score (nSPS) is 10.3. The number of nitrogens with zero attached hydrogens (tertiary/aromatic N) is 2. The van der Waals surface area contributed by atoms with Crippen LogP contribution in [0.4, 0.5) is 17.5 Å². The summed E-state index contributed by atoms with van der Waals surface area (Å²) in [7, 11) is 0. The third-order valence-corrected chi connectivity index (χ3v) is 2.79. The maximum Gasteiger partial charge on any atom is 0.222 e. The molecule has 18 heavy (non-hydrogen) atoms. The molecule has 0 fully saturated rings. The standard InChI is InChI=1S/C13H15ClN4/c1-2-3-9-4-6-10(7-5-9)17-12-11(14)8-16-13(15)18-12/h4-8H,2-3H2,1H3,(H3,15,16,17,18). The van der Waals surface area contributed by atoms with Crippen molar-refractivity contribution in [2.75, 3.05) is 11.1 Å². The molecule has 0 bridgehead atoms. The second-order valence-electron chi connectivity index (χ2n) is 4.00. The number of rotatable bonds is 4. The number of aryl methyl sites for hydroxylation is 1. The third kappa shape index (κ3) is 3.11. The highest BCUT2D eigenvalue weighted by molar-refractivity contribution is 6.32. The minimum Gasteiger partial charge on any atom is -0.368 e. The van der Waals surface area contributed by atoms with Crippen molar-refractivity contribution in [3.63, 3.8) is 0 Å². The van der Waals surface area contributed by atoms with E-state index in [0.29, 0.717) is 10.8 Å². The van der Waals surface area contributed by atoms with Gasteiger partial charge in [-0.15, -0.1) is 0 Å². The van der Waals surface area contributed by atoms with Crippen LogP contribution in [0.1, 0.15) is 18.9 Å².